The van der Waals surface area contributed by atoms with Crippen molar-refractivity contribution >= 4 is 26.9 Å². The molecule has 3 aromatic rings. The SMILES string of the molecule is COC(=O)[C@@H](N)Cc1c(CC=C(C)C)n(S(=O)(=O)c2ccc(C)cc2)c2ccccc12. The summed E-state index contributed by atoms with van der Waals surface area (Å²) >= 11 is 0. The molecule has 1 aromatic heterocycles. The van der Waals surface area contributed by atoms with E-state index in [0.29, 0.717) is 17.6 Å². The lowest BCUT2D eigenvalue weighted by Gasteiger charge is -2.14. The summed E-state index contributed by atoms with van der Waals surface area (Å²) in [5.74, 6) is -0.536. The number of rotatable bonds is 7. The van der Waals surface area contributed by atoms with E-state index in [1.165, 1.54) is 11.1 Å². The van der Waals surface area contributed by atoms with Crippen LogP contribution < -0.4 is 5.73 Å². The number of carbonyl (C=O) groups excluding carboxylic acids is 1. The maximum Gasteiger partial charge on any atom is 0.322 e. The molecule has 1 atom stereocenters. The van der Waals surface area contributed by atoms with E-state index in [4.69, 9.17) is 10.5 Å². The summed E-state index contributed by atoms with van der Waals surface area (Å²) in [5.41, 5.74) is 10.0. The molecule has 0 aliphatic rings. The van der Waals surface area contributed by atoms with Crippen molar-refractivity contribution in [3.05, 3.63) is 77.0 Å². The zero-order valence-electron chi connectivity index (χ0n) is 18.3. The highest BCUT2D eigenvalue weighted by atomic mass is 32.2. The van der Waals surface area contributed by atoms with Gasteiger partial charge < -0.3 is 10.5 Å². The summed E-state index contributed by atoms with van der Waals surface area (Å²) in [4.78, 5) is 12.2. The van der Waals surface area contributed by atoms with Crippen molar-refractivity contribution in [1.29, 1.82) is 0 Å². The Hall–Kier alpha value is -2.90. The van der Waals surface area contributed by atoms with Crippen molar-refractivity contribution in [1.82, 2.24) is 3.97 Å². The van der Waals surface area contributed by atoms with Crippen LogP contribution in [-0.2, 0) is 32.4 Å². The van der Waals surface area contributed by atoms with Crippen LogP contribution in [-0.4, -0.2) is 31.5 Å². The third-order valence-corrected chi connectivity index (χ3v) is 7.00. The van der Waals surface area contributed by atoms with Gasteiger partial charge in [-0.25, -0.2) is 12.4 Å². The molecule has 7 heteroatoms. The highest BCUT2D eigenvalue weighted by Crippen LogP contribution is 2.32. The van der Waals surface area contributed by atoms with Crippen molar-refractivity contribution < 1.29 is 17.9 Å². The van der Waals surface area contributed by atoms with Crippen LogP contribution in [0.5, 0.6) is 0 Å². The van der Waals surface area contributed by atoms with Gasteiger partial charge in [-0.2, -0.15) is 0 Å². The molecule has 3 rings (SSSR count). The van der Waals surface area contributed by atoms with Gasteiger partial charge in [-0.3, -0.25) is 4.79 Å². The number of aromatic nitrogens is 1. The topological polar surface area (TPSA) is 91.4 Å². The van der Waals surface area contributed by atoms with Crippen LogP contribution in [0.3, 0.4) is 0 Å². The van der Waals surface area contributed by atoms with Gasteiger partial charge in [-0.1, -0.05) is 47.5 Å². The minimum Gasteiger partial charge on any atom is -0.468 e. The van der Waals surface area contributed by atoms with E-state index in [9.17, 15) is 13.2 Å². The zero-order valence-corrected chi connectivity index (χ0v) is 19.1. The number of aryl methyl sites for hydroxylation is 1. The van der Waals surface area contributed by atoms with Gasteiger partial charge in [0.1, 0.15) is 6.04 Å². The van der Waals surface area contributed by atoms with Gasteiger partial charge >= 0.3 is 5.97 Å². The number of hydrogen-bond acceptors (Lipinski definition) is 5. The molecule has 2 N–H and O–H groups in total. The summed E-state index contributed by atoms with van der Waals surface area (Å²) in [5, 5.41) is 0.759. The fourth-order valence-electron chi connectivity index (χ4n) is 3.61. The van der Waals surface area contributed by atoms with Crippen molar-refractivity contribution in [2.75, 3.05) is 7.11 Å². The number of fused-ring (bicyclic) bond motifs is 1. The summed E-state index contributed by atoms with van der Waals surface area (Å²) in [7, 11) is -2.58. The van der Waals surface area contributed by atoms with Crippen molar-refractivity contribution in [2.45, 2.75) is 44.6 Å². The Balaban J connectivity index is 2.31. The third kappa shape index (κ3) is 4.57. The Morgan fingerprint density at radius 2 is 1.77 bits per heavy atom. The lowest BCUT2D eigenvalue weighted by molar-refractivity contribution is -0.142. The van der Waals surface area contributed by atoms with E-state index in [-0.39, 0.29) is 11.3 Å². The van der Waals surface area contributed by atoms with Gasteiger partial charge in [0.2, 0.25) is 0 Å². The number of allylic oxidation sites excluding steroid dienone is 2. The summed E-state index contributed by atoms with van der Waals surface area (Å²) < 4.78 is 33.6. The zero-order chi connectivity index (χ0) is 22.8. The quantitative estimate of drug-likeness (QED) is 0.446. The molecule has 0 saturated carbocycles. The van der Waals surface area contributed by atoms with Crippen molar-refractivity contribution in [3.8, 4) is 0 Å². The standard InChI is InChI=1S/C24H28N2O4S/c1-16(2)9-14-23-20(15-21(25)24(27)30-4)19-7-5-6-8-22(19)26(23)31(28,29)18-12-10-17(3)11-13-18/h5-13,21H,14-15,25H2,1-4H3/t21-/m0/s1. The van der Waals surface area contributed by atoms with E-state index in [1.807, 2.05) is 39.0 Å². The number of esters is 1. The largest absolute Gasteiger partial charge is 0.468 e. The molecule has 0 bridgehead atoms. The molecule has 0 saturated heterocycles. The predicted molar refractivity (Wildman–Crippen MR) is 123 cm³/mol. The average Bonchev–Trinajstić information content (AvgIpc) is 3.05. The molecule has 164 valence electrons. The molecule has 31 heavy (non-hydrogen) atoms. The number of ether oxygens (including phenoxy) is 1. The lowest BCUT2D eigenvalue weighted by atomic mass is 10.0. The first kappa shape index (κ1) is 22.8. The van der Waals surface area contributed by atoms with E-state index in [2.05, 4.69) is 0 Å². The van der Waals surface area contributed by atoms with Crippen LogP contribution >= 0.6 is 0 Å². The monoisotopic (exact) mass is 440 g/mol. The highest BCUT2D eigenvalue weighted by molar-refractivity contribution is 7.90. The first-order valence-corrected chi connectivity index (χ1v) is 11.5. The minimum atomic E-state index is -3.87. The maximum atomic E-state index is 13.7. The molecule has 0 aliphatic carbocycles. The summed E-state index contributed by atoms with van der Waals surface area (Å²) in [6.07, 6.45) is 2.55. The highest BCUT2D eigenvalue weighted by Gasteiger charge is 2.28. The van der Waals surface area contributed by atoms with E-state index < -0.39 is 22.0 Å². The number of nitrogens with zero attached hydrogens (tertiary/aromatic N) is 1. The van der Waals surface area contributed by atoms with Crippen LogP contribution in [0.1, 0.15) is 30.7 Å². The molecular formula is C24H28N2O4S. The fraction of sp³-hybridized carbons (Fsp3) is 0.292. The Morgan fingerprint density at radius 1 is 1.13 bits per heavy atom. The smallest absolute Gasteiger partial charge is 0.322 e. The van der Waals surface area contributed by atoms with Gasteiger partial charge in [0.15, 0.2) is 0 Å². The van der Waals surface area contributed by atoms with Crippen LogP contribution in [0.2, 0.25) is 0 Å². The second kappa shape index (κ2) is 9.08. The molecule has 0 aliphatic heterocycles. The molecule has 2 aromatic carbocycles. The Kier molecular flexibility index (Phi) is 6.67. The number of nitrogens with two attached hydrogens (primary N) is 1. The van der Waals surface area contributed by atoms with E-state index in [1.54, 1.807) is 36.4 Å². The number of carbonyl (C=O) groups is 1. The molecular weight excluding hydrogens is 412 g/mol. The van der Waals surface area contributed by atoms with Crippen LogP contribution in [0.25, 0.3) is 10.9 Å². The normalized spacial score (nSPS) is 12.5. The van der Waals surface area contributed by atoms with Crippen LogP contribution in [0, 0.1) is 6.92 Å². The molecule has 1 heterocycles. The van der Waals surface area contributed by atoms with Gasteiger partial charge in [0.05, 0.1) is 17.5 Å². The Bertz CT molecular complexity index is 1230. The molecule has 0 fully saturated rings. The Morgan fingerprint density at radius 3 is 2.39 bits per heavy atom. The molecule has 0 amide bonds. The predicted octanol–water partition coefficient (Wildman–Crippen LogP) is 3.74. The molecule has 6 nitrogen and oxygen atoms in total. The average molecular weight is 441 g/mol. The summed E-state index contributed by atoms with van der Waals surface area (Å²) in [6.45, 7) is 5.83. The first-order chi connectivity index (χ1) is 14.7. The number of methoxy groups -OCH3 is 1. The van der Waals surface area contributed by atoms with Crippen molar-refractivity contribution in [3.63, 3.8) is 0 Å². The molecule has 0 unspecified atom stereocenters. The molecule has 0 spiro atoms. The Labute approximate surface area is 183 Å². The second-order valence-electron chi connectivity index (χ2n) is 7.84. The number of benzene rings is 2. The number of hydrogen-bond donors (Lipinski definition) is 1. The van der Waals surface area contributed by atoms with Gasteiger partial charge in [0.25, 0.3) is 10.0 Å². The minimum absolute atomic E-state index is 0.176. The van der Waals surface area contributed by atoms with E-state index in [0.717, 1.165) is 22.1 Å². The van der Waals surface area contributed by atoms with Gasteiger partial charge in [-0.15, -0.1) is 0 Å². The van der Waals surface area contributed by atoms with Crippen LogP contribution in [0.4, 0.5) is 0 Å². The number of para-hydroxylation sites is 1. The maximum absolute atomic E-state index is 13.7. The van der Waals surface area contributed by atoms with Gasteiger partial charge in [0, 0.05) is 23.9 Å². The van der Waals surface area contributed by atoms with Gasteiger partial charge in [-0.05, 0) is 44.5 Å². The fourth-order valence-corrected chi connectivity index (χ4v) is 5.19. The third-order valence-electron chi connectivity index (χ3n) is 5.23. The molecule has 0 radical (unpaired) electrons. The summed E-state index contributed by atoms with van der Waals surface area (Å²) in [6, 6.07) is 13.2. The van der Waals surface area contributed by atoms with Crippen LogP contribution in [0.15, 0.2) is 65.1 Å². The van der Waals surface area contributed by atoms with Crippen molar-refractivity contribution in [2.24, 2.45) is 5.73 Å². The second-order valence-corrected chi connectivity index (χ2v) is 9.63. The van der Waals surface area contributed by atoms with E-state index >= 15 is 0 Å². The lowest BCUT2D eigenvalue weighted by Crippen LogP contribution is -2.34. The first-order valence-electron chi connectivity index (χ1n) is 10.1.